The molecule has 0 aliphatic carbocycles. The Labute approximate surface area is 160 Å². The van der Waals surface area contributed by atoms with Crippen LogP contribution in [0.5, 0.6) is 0 Å². The van der Waals surface area contributed by atoms with Crippen LogP contribution < -0.4 is 11.1 Å². The lowest BCUT2D eigenvalue weighted by Crippen LogP contribution is -2.33. The summed E-state index contributed by atoms with van der Waals surface area (Å²) in [5, 5.41) is 7.07. The van der Waals surface area contributed by atoms with Crippen molar-refractivity contribution < 1.29 is 4.52 Å². The van der Waals surface area contributed by atoms with Gasteiger partial charge >= 0.3 is 0 Å². The summed E-state index contributed by atoms with van der Waals surface area (Å²) in [5.74, 6) is 2.19. The lowest BCUT2D eigenvalue weighted by atomic mass is 10.1. The first-order valence-corrected chi connectivity index (χ1v) is 8.05. The summed E-state index contributed by atoms with van der Waals surface area (Å²) >= 11 is 0. The van der Waals surface area contributed by atoms with Crippen molar-refractivity contribution in [3.8, 4) is 0 Å². The van der Waals surface area contributed by atoms with Crippen LogP contribution in [0, 0.1) is 0 Å². The Hall–Kier alpha value is -1.64. The SMILES string of the molecule is CC(C)c1noc(CCCN=C(N)NCCc2ccccc2)n1.I. The summed E-state index contributed by atoms with van der Waals surface area (Å²) in [5.41, 5.74) is 7.13. The van der Waals surface area contributed by atoms with Crippen LogP contribution in [0.25, 0.3) is 0 Å². The Morgan fingerprint density at radius 2 is 2.00 bits per heavy atom. The van der Waals surface area contributed by atoms with Gasteiger partial charge < -0.3 is 15.6 Å². The summed E-state index contributed by atoms with van der Waals surface area (Å²) in [7, 11) is 0. The van der Waals surface area contributed by atoms with E-state index >= 15 is 0 Å². The van der Waals surface area contributed by atoms with E-state index in [-0.39, 0.29) is 29.9 Å². The second-order valence-corrected chi connectivity index (χ2v) is 5.73. The Morgan fingerprint density at radius 1 is 1.25 bits per heavy atom. The highest BCUT2D eigenvalue weighted by Crippen LogP contribution is 2.10. The Balaban J connectivity index is 0.00000288. The molecule has 2 aromatic rings. The number of guanidine groups is 1. The number of aliphatic imine (C=N–C) groups is 1. The molecule has 2 rings (SSSR count). The fourth-order valence-corrected chi connectivity index (χ4v) is 2.07. The van der Waals surface area contributed by atoms with Crippen LogP contribution in [0.3, 0.4) is 0 Å². The molecule has 24 heavy (non-hydrogen) atoms. The van der Waals surface area contributed by atoms with Crippen LogP contribution >= 0.6 is 24.0 Å². The average Bonchev–Trinajstić information content (AvgIpc) is 3.02. The molecule has 0 spiro atoms. The number of aromatic nitrogens is 2. The van der Waals surface area contributed by atoms with Crippen molar-refractivity contribution in [1.82, 2.24) is 15.5 Å². The van der Waals surface area contributed by atoms with Gasteiger partial charge in [-0.15, -0.1) is 24.0 Å². The van der Waals surface area contributed by atoms with Gasteiger partial charge in [-0.1, -0.05) is 49.3 Å². The minimum absolute atomic E-state index is 0. The minimum atomic E-state index is 0. The van der Waals surface area contributed by atoms with E-state index in [0.717, 1.165) is 31.6 Å². The van der Waals surface area contributed by atoms with Crippen molar-refractivity contribution in [2.75, 3.05) is 13.1 Å². The van der Waals surface area contributed by atoms with Crippen LogP contribution in [-0.4, -0.2) is 29.2 Å². The number of hydrogen-bond acceptors (Lipinski definition) is 4. The fourth-order valence-electron chi connectivity index (χ4n) is 2.07. The number of halogens is 1. The first-order chi connectivity index (χ1) is 11.1. The van der Waals surface area contributed by atoms with E-state index in [2.05, 4.69) is 32.6 Å². The van der Waals surface area contributed by atoms with Crippen molar-refractivity contribution in [3.63, 3.8) is 0 Å². The summed E-state index contributed by atoms with van der Waals surface area (Å²) in [6, 6.07) is 10.3. The third-order valence-corrected chi connectivity index (χ3v) is 3.39. The maximum Gasteiger partial charge on any atom is 0.226 e. The van der Waals surface area contributed by atoms with Crippen molar-refractivity contribution in [2.45, 2.75) is 39.0 Å². The highest BCUT2D eigenvalue weighted by Gasteiger charge is 2.08. The molecule has 0 saturated heterocycles. The third-order valence-electron chi connectivity index (χ3n) is 3.39. The van der Waals surface area contributed by atoms with Crippen molar-refractivity contribution in [2.24, 2.45) is 10.7 Å². The van der Waals surface area contributed by atoms with Crippen LogP contribution in [0.4, 0.5) is 0 Å². The summed E-state index contributed by atoms with van der Waals surface area (Å²) in [6.07, 6.45) is 2.48. The molecule has 0 amide bonds. The largest absolute Gasteiger partial charge is 0.370 e. The number of aryl methyl sites for hydroxylation is 1. The van der Waals surface area contributed by atoms with Crippen LogP contribution in [0.1, 0.15) is 43.5 Å². The molecule has 0 saturated carbocycles. The van der Waals surface area contributed by atoms with E-state index in [1.165, 1.54) is 5.56 Å². The lowest BCUT2D eigenvalue weighted by Gasteiger charge is -2.05. The highest BCUT2D eigenvalue weighted by molar-refractivity contribution is 14.0. The second-order valence-electron chi connectivity index (χ2n) is 5.73. The summed E-state index contributed by atoms with van der Waals surface area (Å²) < 4.78 is 5.19. The van der Waals surface area contributed by atoms with Crippen LogP contribution in [0.2, 0.25) is 0 Å². The minimum Gasteiger partial charge on any atom is -0.370 e. The Bertz CT molecular complexity index is 612. The van der Waals surface area contributed by atoms with E-state index in [0.29, 0.717) is 18.4 Å². The van der Waals surface area contributed by atoms with Gasteiger partial charge in [0.25, 0.3) is 0 Å². The number of benzene rings is 1. The molecule has 132 valence electrons. The normalized spacial score (nSPS) is 11.4. The predicted octanol–water partition coefficient (Wildman–Crippen LogP) is 2.89. The van der Waals surface area contributed by atoms with Crippen molar-refractivity contribution in [3.05, 3.63) is 47.6 Å². The van der Waals surface area contributed by atoms with Gasteiger partial charge in [0, 0.05) is 25.4 Å². The van der Waals surface area contributed by atoms with Gasteiger partial charge in [-0.05, 0) is 18.4 Å². The van der Waals surface area contributed by atoms with Crippen molar-refractivity contribution in [1.29, 1.82) is 0 Å². The molecule has 3 N–H and O–H groups in total. The van der Waals surface area contributed by atoms with E-state index in [9.17, 15) is 0 Å². The third kappa shape index (κ3) is 7.29. The smallest absolute Gasteiger partial charge is 0.226 e. The van der Waals surface area contributed by atoms with Gasteiger partial charge in [0.05, 0.1) is 0 Å². The molecule has 0 aliphatic heterocycles. The number of nitrogens with two attached hydrogens (primary N) is 1. The number of hydrogen-bond donors (Lipinski definition) is 2. The molecular formula is C17H26IN5O. The molecular weight excluding hydrogens is 417 g/mol. The molecule has 0 bridgehead atoms. The zero-order chi connectivity index (χ0) is 16.5. The van der Waals surface area contributed by atoms with E-state index < -0.39 is 0 Å². The quantitative estimate of drug-likeness (QED) is 0.284. The molecule has 1 aromatic carbocycles. The van der Waals surface area contributed by atoms with Gasteiger partial charge in [-0.25, -0.2) is 0 Å². The Kier molecular flexibility index (Phi) is 9.36. The highest BCUT2D eigenvalue weighted by atomic mass is 127. The number of nitrogens with one attached hydrogen (secondary N) is 1. The zero-order valence-corrected chi connectivity index (χ0v) is 16.6. The summed E-state index contributed by atoms with van der Waals surface area (Å²) in [6.45, 7) is 5.51. The molecule has 1 heterocycles. The molecule has 0 aliphatic rings. The van der Waals surface area contributed by atoms with Crippen LogP contribution in [0.15, 0.2) is 39.8 Å². The number of rotatable bonds is 8. The topological polar surface area (TPSA) is 89.3 Å². The number of nitrogens with zero attached hydrogens (tertiary/aromatic N) is 3. The average molecular weight is 443 g/mol. The molecule has 0 radical (unpaired) electrons. The van der Waals surface area contributed by atoms with E-state index in [4.69, 9.17) is 10.3 Å². The van der Waals surface area contributed by atoms with Gasteiger partial charge in [0.1, 0.15) is 0 Å². The van der Waals surface area contributed by atoms with Crippen molar-refractivity contribution >= 4 is 29.9 Å². The molecule has 0 unspecified atom stereocenters. The Morgan fingerprint density at radius 3 is 2.67 bits per heavy atom. The molecule has 0 atom stereocenters. The van der Waals surface area contributed by atoms with E-state index in [1.54, 1.807) is 0 Å². The fraction of sp³-hybridized carbons (Fsp3) is 0.471. The van der Waals surface area contributed by atoms with E-state index in [1.807, 2.05) is 32.0 Å². The van der Waals surface area contributed by atoms with Gasteiger partial charge in [-0.2, -0.15) is 4.98 Å². The maximum atomic E-state index is 5.85. The van der Waals surface area contributed by atoms with Gasteiger partial charge in [-0.3, -0.25) is 4.99 Å². The second kappa shape index (κ2) is 11.0. The monoisotopic (exact) mass is 443 g/mol. The molecule has 1 aromatic heterocycles. The van der Waals surface area contributed by atoms with Crippen LogP contribution in [-0.2, 0) is 12.8 Å². The first kappa shape index (κ1) is 20.4. The zero-order valence-electron chi connectivity index (χ0n) is 14.2. The van der Waals surface area contributed by atoms with Gasteiger partial charge in [0.15, 0.2) is 11.8 Å². The standard InChI is InChI=1S/C17H25N5O.HI/c1-13(2)16-21-15(23-22-16)9-6-11-19-17(18)20-12-10-14-7-4-3-5-8-14;/h3-5,7-8,13H,6,9-12H2,1-2H3,(H3,18,19,20);1H. The first-order valence-electron chi connectivity index (χ1n) is 8.05. The molecule has 6 nitrogen and oxygen atoms in total. The maximum absolute atomic E-state index is 5.85. The molecule has 7 heteroatoms. The predicted molar refractivity (Wildman–Crippen MR) is 107 cm³/mol. The van der Waals surface area contributed by atoms with Gasteiger partial charge in [0.2, 0.25) is 5.89 Å². The lowest BCUT2D eigenvalue weighted by molar-refractivity contribution is 0.369. The summed E-state index contributed by atoms with van der Waals surface area (Å²) in [4.78, 5) is 8.64. The molecule has 0 fully saturated rings.